The predicted octanol–water partition coefficient (Wildman–Crippen LogP) is -0.126. The molecule has 7 heteroatoms. The van der Waals surface area contributed by atoms with Gasteiger partial charge in [-0.1, -0.05) is 12.1 Å². The van der Waals surface area contributed by atoms with Crippen LogP contribution in [0.5, 0.6) is 5.75 Å². The van der Waals surface area contributed by atoms with E-state index >= 15 is 0 Å². The Kier molecular flexibility index (Phi) is 6.94. The van der Waals surface area contributed by atoms with Crippen molar-refractivity contribution in [1.29, 1.82) is 0 Å². The number of aliphatic hydroxyl groups excluding tert-OH is 1. The van der Waals surface area contributed by atoms with Crippen LogP contribution in [0.15, 0.2) is 24.3 Å². The summed E-state index contributed by atoms with van der Waals surface area (Å²) < 4.78 is 29.4. The van der Waals surface area contributed by atoms with Gasteiger partial charge in [-0.15, -0.1) is 0 Å². The lowest BCUT2D eigenvalue weighted by molar-refractivity contribution is 0.107. The van der Waals surface area contributed by atoms with Crippen molar-refractivity contribution in [2.24, 2.45) is 0 Å². The molecule has 0 aromatic heterocycles. The van der Waals surface area contributed by atoms with E-state index in [0.29, 0.717) is 19.6 Å². The first-order valence-corrected chi connectivity index (χ1v) is 8.29. The molecule has 1 aromatic rings. The van der Waals surface area contributed by atoms with E-state index in [9.17, 15) is 13.5 Å². The minimum absolute atomic E-state index is 0.190. The summed E-state index contributed by atoms with van der Waals surface area (Å²) in [6.07, 6.45) is 0.464. The maximum Gasteiger partial charge on any atom is 0.208 e. The van der Waals surface area contributed by atoms with Crippen molar-refractivity contribution in [3.63, 3.8) is 0 Å². The van der Waals surface area contributed by atoms with Crippen LogP contribution in [-0.2, 0) is 10.0 Å². The van der Waals surface area contributed by atoms with Gasteiger partial charge in [0, 0.05) is 19.6 Å². The van der Waals surface area contributed by atoms with E-state index in [1.807, 2.05) is 31.2 Å². The van der Waals surface area contributed by atoms with Gasteiger partial charge in [0.1, 0.15) is 18.5 Å². The third-order valence-electron chi connectivity index (χ3n) is 2.48. The number of nitrogens with one attached hydrogen (secondary N) is 2. The molecule has 0 heterocycles. The zero-order valence-electron chi connectivity index (χ0n) is 11.8. The standard InChI is InChI=1S/C13H22N2O4S/c1-11-4-3-5-13(8-11)19-10-12(16)9-14-6-7-15-20(2,17)18/h3-5,8,12,14-16H,6-7,9-10H2,1-2H3. The topological polar surface area (TPSA) is 87.7 Å². The monoisotopic (exact) mass is 302 g/mol. The van der Waals surface area contributed by atoms with Crippen LogP contribution in [0.2, 0.25) is 0 Å². The summed E-state index contributed by atoms with van der Waals surface area (Å²) in [5.41, 5.74) is 1.10. The fourth-order valence-corrected chi connectivity index (χ4v) is 2.02. The molecular formula is C13H22N2O4S. The molecular weight excluding hydrogens is 280 g/mol. The van der Waals surface area contributed by atoms with Crippen LogP contribution >= 0.6 is 0 Å². The van der Waals surface area contributed by atoms with Gasteiger partial charge in [0.15, 0.2) is 0 Å². The molecule has 1 atom stereocenters. The van der Waals surface area contributed by atoms with Gasteiger partial charge in [-0.3, -0.25) is 0 Å². The highest BCUT2D eigenvalue weighted by atomic mass is 32.2. The van der Waals surface area contributed by atoms with E-state index in [1.54, 1.807) is 0 Å². The summed E-state index contributed by atoms with van der Waals surface area (Å²) in [5, 5.41) is 12.7. The highest BCUT2D eigenvalue weighted by Gasteiger charge is 2.05. The van der Waals surface area contributed by atoms with Crippen molar-refractivity contribution >= 4 is 10.0 Å². The minimum Gasteiger partial charge on any atom is -0.491 e. The summed E-state index contributed by atoms with van der Waals surface area (Å²) >= 11 is 0. The SMILES string of the molecule is Cc1cccc(OCC(O)CNCCNS(C)(=O)=O)c1. The zero-order valence-corrected chi connectivity index (χ0v) is 12.6. The largest absolute Gasteiger partial charge is 0.491 e. The number of hydrogen-bond acceptors (Lipinski definition) is 5. The first-order chi connectivity index (χ1) is 9.37. The van der Waals surface area contributed by atoms with Crippen LogP contribution in [0, 0.1) is 6.92 Å². The van der Waals surface area contributed by atoms with E-state index in [1.165, 1.54) is 0 Å². The third kappa shape index (κ3) is 8.11. The van der Waals surface area contributed by atoms with E-state index in [-0.39, 0.29) is 6.61 Å². The second-order valence-electron chi connectivity index (χ2n) is 4.65. The van der Waals surface area contributed by atoms with Crippen molar-refractivity contribution in [2.45, 2.75) is 13.0 Å². The number of aliphatic hydroxyl groups is 1. The summed E-state index contributed by atoms with van der Waals surface area (Å²) in [6, 6.07) is 7.60. The Hall–Kier alpha value is -1.15. The van der Waals surface area contributed by atoms with E-state index < -0.39 is 16.1 Å². The van der Waals surface area contributed by atoms with Crippen LogP contribution in [0.25, 0.3) is 0 Å². The summed E-state index contributed by atoms with van der Waals surface area (Å²) in [5.74, 6) is 0.725. The molecule has 1 rings (SSSR count). The molecule has 0 spiro atoms. The first-order valence-electron chi connectivity index (χ1n) is 6.40. The lowest BCUT2D eigenvalue weighted by Gasteiger charge is -2.13. The number of sulfonamides is 1. The molecule has 0 radical (unpaired) electrons. The van der Waals surface area contributed by atoms with Crippen LogP contribution in [-0.4, -0.2) is 52.1 Å². The third-order valence-corrected chi connectivity index (χ3v) is 3.21. The average molecular weight is 302 g/mol. The Morgan fingerprint density at radius 3 is 2.75 bits per heavy atom. The van der Waals surface area contributed by atoms with Gasteiger partial charge in [0.25, 0.3) is 0 Å². The van der Waals surface area contributed by atoms with Gasteiger partial charge >= 0.3 is 0 Å². The second-order valence-corrected chi connectivity index (χ2v) is 6.48. The van der Waals surface area contributed by atoms with Crippen LogP contribution in [0.1, 0.15) is 5.56 Å². The zero-order chi connectivity index (χ0) is 15.0. The van der Waals surface area contributed by atoms with E-state index in [4.69, 9.17) is 4.74 Å². The smallest absolute Gasteiger partial charge is 0.208 e. The van der Waals surface area contributed by atoms with Crippen molar-refractivity contribution in [2.75, 3.05) is 32.5 Å². The lowest BCUT2D eigenvalue weighted by Crippen LogP contribution is -2.36. The van der Waals surface area contributed by atoms with E-state index in [0.717, 1.165) is 17.6 Å². The quantitative estimate of drug-likeness (QED) is 0.553. The molecule has 20 heavy (non-hydrogen) atoms. The normalized spacial score (nSPS) is 13.2. The molecule has 0 saturated carbocycles. The van der Waals surface area contributed by atoms with Crippen LogP contribution in [0.3, 0.4) is 0 Å². The van der Waals surface area contributed by atoms with E-state index in [2.05, 4.69) is 10.0 Å². The molecule has 6 nitrogen and oxygen atoms in total. The Morgan fingerprint density at radius 1 is 1.35 bits per heavy atom. The molecule has 1 aromatic carbocycles. The van der Waals surface area contributed by atoms with Crippen molar-refractivity contribution in [3.05, 3.63) is 29.8 Å². The molecule has 0 saturated heterocycles. The predicted molar refractivity (Wildman–Crippen MR) is 78.4 cm³/mol. The Labute approximate surface area is 120 Å². The maximum absolute atomic E-state index is 10.8. The summed E-state index contributed by atoms with van der Waals surface area (Å²) in [6.45, 7) is 3.26. The first kappa shape index (κ1) is 16.9. The van der Waals surface area contributed by atoms with Gasteiger partial charge in [-0.05, 0) is 24.6 Å². The molecule has 0 aliphatic heterocycles. The highest BCUT2D eigenvalue weighted by Crippen LogP contribution is 2.12. The van der Waals surface area contributed by atoms with Gasteiger partial charge in [0.05, 0.1) is 6.26 Å². The lowest BCUT2D eigenvalue weighted by atomic mass is 10.2. The number of aryl methyl sites for hydroxylation is 1. The number of rotatable bonds is 9. The molecule has 0 amide bonds. The molecule has 0 bridgehead atoms. The number of hydrogen-bond donors (Lipinski definition) is 3. The number of benzene rings is 1. The molecule has 0 fully saturated rings. The summed E-state index contributed by atoms with van der Waals surface area (Å²) in [7, 11) is -3.15. The Balaban J connectivity index is 2.13. The average Bonchev–Trinajstić information content (AvgIpc) is 2.35. The molecule has 0 aliphatic carbocycles. The molecule has 1 unspecified atom stereocenters. The van der Waals surface area contributed by atoms with Crippen molar-refractivity contribution in [3.8, 4) is 5.75 Å². The molecule has 0 aliphatic rings. The van der Waals surface area contributed by atoms with Crippen molar-refractivity contribution in [1.82, 2.24) is 10.0 Å². The minimum atomic E-state index is -3.15. The van der Waals surface area contributed by atoms with Gasteiger partial charge in [0.2, 0.25) is 10.0 Å². The molecule has 3 N–H and O–H groups in total. The fraction of sp³-hybridized carbons (Fsp3) is 0.538. The maximum atomic E-state index is 10.8. The van der Waals surface area contributed by atoms with Crippen molar-refractivity contribution < 1.29 is 18.3 Å². The van der Waals surface area contributed by atoms with Gasteiger partial charge in [-0.2, -0.15) is 0 Å². The van der Waals surface area contributed by atoms with Crippen LogP contribution in [0.4, 0.5) is 0 Å². The van der Waals surface area contributed by atoms with Gasteiger partial charge in [-0.25, -0.2) is 13.1 Å². The summed E-state index contributed by atoms with van der Waals surface area (Å²) in [4.78, 5) is 0. The Morgan fingerprint density at radius 2 is 2.10 bits per heavy atom. The number of ether oxygens (including phenoxy) is 1. The van der Waals surface area contributed by atoms with Crippen LogP contribution < -0.4 is 14.8 Å². The fourth-order valence-electron chi connectivity index (χ4n) is 1.55. The van der Waals surface area contributed by atoms with Gasteiger partial charge < -0.3 is 15.2 Å². The Bertz CT molecular complexity index is 505. The molecule has 114 valence electrons. The second kappa shape index (κ2) is 8.21. The highest BCUT2D eigenvalue weighted by molar-refractivity contribution is 7.88.